The molecule has 1 saturated heterocycles. The van der Waals surface area contributed by atoms with E-state index < -0.39 is 6.04 Å². The topological polar surface area (TPSA) is 50.4 Å². The third-order valence-electron chi connectivity index (χ3n) is 4.19. The van der Waals surface area contributed by atoms with Crippen LogP contribution in [0.15, 0.2) is 48.5 Å². The van der Waals surface area contributed by atoms with Crippen LogP contribution in [0.3, 0.4) is 0 Å². The molecule has 3 rings (SSSR count). The molecule has 0 bridgehead atoms. The van der Waals surface area contributed by atoms with Crippen LogP contribution in [0.4, 0.5) is 5.69 Å². The lowest BCUT2D eigenvalue weighted by molar-refractivity contribution is -0.123. The summed E-state index contributed by atoms with van der Waals surface area (Å²) in [6.45, 7) is 1.36. The van der Waals surface area contributed by atoms with Crippen molar-refractivity contribution in [2.45, 2.75) is 24.9 Å². The number of hydrogen-bond acceptors (Lipinski definition) is 3. The number of ether oxygens (including phenoxy) is 1. The molecule has 0 saturated carbocycles. The predicted octanol–water partition coefficient (Wildman–Crippen LogP) is 4.44. The zero-order chi connectivity index (χ0) is 17.6. The Labute approximate surface area is 157 Å². The average Bonchev–Trinajstić information content (AvgIpc) is 2.64. The van der Waals surface area contributed by atoms with E-state index >= 15 is 0 Å². The molecule has 2 aromatic carbocycles. The summed E-state index contributed by atoms with van der Waals surface area (Å²) >= 11 is 12.1. The van der Waals surface area contributed by atoms with Crippen molar-refractivity contribution in [3.8, 4) is 0 Å². The third kappa shape index (κ3) is 4.88. The SMILES string of the molecule is O=C(NC1CCOCC1)C(Nc1ccc(Cl)c(Cl)c1)c1ccccc1. The molecule has 0 aromatic heterocycles. The van der Waals surface area contributed by atoms with Gasteiger partial charge < -0.3 is 15.4 Å². The molecule has 0 aliphatic carbocycles. The molecule has 25 heavy (non-hydrogen) atoms. The summed E-state index contributed by atoms with van der Waals surface area (Å²) in [6.07, 6.45) is 1.67. The van der Waals surface area contributed by atoms with Crippen LogP contribution in [0.5, 0.6) is 0 Å². The van der Waals surface area contributed by atoms with E-state index in [-0.39, 0.29) is 11.9 Å². The number of amides is 1. The van der Waals surface area contributed by atoms with Gasteiger partial charge in [0.25, 0.3) is 0 Å². The lowest BCUT2D eigenvalue weighted by Crippen LogP contribution is -2.43. The first kappa shape index (κ1) is 18.1. The van der Waals surface area contributed by atoms with E-state index in [1.807, 2.05) is 36.4 Å². The third-order valence-corrected chi connectivity index (χ3v) is 4.93. The summed E-state index contributed by atoms with van der Waals surface area (Å²) in [7, 11) is 0. The number of nitrogens with one attached hydrogen (secondary N) is 2. The minimum absolute atomic E-state index is 0.0656. The smallest absolute Gasteiger partial charge is 0.247 e. The van der Waals surface area contributed by atoms with E-state index in [0.29, 0.717) is 23.3 Å². The number of rotatable bonds is 5. The first-order valence-corrected chi connectivity index (χ1v) is 9.04. The molecule has 1 fully saturated rings. The molecular weight excluding hydrogens is 359 g/mol. The van der Waals surface area contributed by atoms with Crippen molar-refractivity contribution in [1.82, 2.24) is 5.32 Å². The van der Waals surface area contributed by atoms with Crippen LogP contribution >= 0.6 is 23.2 Å². The number of anilines is 1. The second kappa shape index (κ2) is 8.56. The van der Waals surface area contributed by atoms with Gasteiger partial charge in [0, 0.05) is 24.9 Å². The highest BCUT2D eigenvalue weighted by Gasteiger charge is 2.24. The Hall–Kier alpha value is -1.75. The first-order chi connectivity index (χ1) is 12.1. The summed E-state index contributed by atoms with van der Waals surface area (Å²) in [5, 5.41) is 7.32. The molecule has 1 heterocycles. The molecule has 1 amide bonds. The van der Waals surface area contributed by atoms with Crippen LogP contribution in [0, 0.1) is 0 Å². The number of halogens is 2. The van der Waals surface area contributed by atoms with Gasteiger partial charge in [0.1, 0.15) is 6.04 Å². The van der Waals surface area contributed by atoms with Crippen molar-refractivity contribution >= 4 is 34.8 Å². The van der Waals surface area contributed by atoms with Crippen molar-refractivity contribution in [3.05, 3.63) is 64.1 Å². The quantitative estimate of drug-likeness (QED) is 0.808. The second-order valence-corrected chi connectivity index (χ2v) is 6.83. The van der Waals surface area contributed by atoms with Gasteiger partial charge in [-0.1, -0.05) is 53.5 Å². The van der Waals surface area contributed by atoms with Gasteiger partial charge >= 0.3 is 0 Å². The van der Waals surface area contributed by atoms with Crippen LogP contribution in [-0.2, 0) is 9.53 Å². The normalized spacial score (nSPS) is 16.2. The predicted molar refractivity (Wildman–Crippen MR) is 101 cm³/mol. The zero-order valence-corrected chi connectivity index (χ0v) is 15.2. The van der Waals surface area contributed by atoms with Crippen LogP contribution < -0.4 is 10.6 Å². The van der Waals surface area contributed by atoms with Gasteiger partial charge in [-0.15, -0.1) is 0 Å². The van der Waals surface area contributed by atoms with Gasteiger partial charge in [-0.3, -0.25) is 4.79 Å². The Balaban J connectivity index is 1.79. The molecule has 0 spiro atoms. The Kier molecular flexibility index (Phi) is 6.19. The highest BCUT2D eigenvalue weighted by molar-refractivity contribution is 6.42. The van der Waals surface area contributed by atoms with Crippen LogP contribution in [0.25, 0.3) is 0 Å². The number of carbonyl (C=O) groups excluding carboxylic acids is 1. The maximum Gasteiger partial charge on any atom is 0.247 e. The minimum atomic E-state index is -0.513. The van der Waals surface area contributed by atoms with Crippen molar-refractivity contribution in [2.75, 3.05) is 18.5 Å². The fraction of sp³-hybridized carbons (Fsp3) is 0.316. The van der Waals surface area contributed by atoms with E-state index in [1.54, 1.807) is 12.1 Å². The average molecular weight is 379 g/mol. The molecule has 6 heteroatoms. The lowest BCUT2D eigenvalue weighted by atomic mass is 10.0. The van der Waals surface area contributed by atoms with Crippen LogP contribution in [-0.4, -0.2) is 25.2 Å². The van der Waals surface area contributed by atoms with Crippen molar-refractivity contribution in [2.24, 2.45) is 0 Å². The van der Waals surface area contributed by atoms with Crippen molar-refractivity contribution in [1.29, 1.82) is 0 Å². The Bertz CT molecular complexity index is 719. The summed E-state index contributed by atoms with van der Waals surface area (Å²) in [4.78, 5) is 12.9. The number of benzene rings is 2. The van der Waals surface area contributed by atoms with E-state index in [4.69, 9.17) is 27.9 Å². The van der Waals surface area contributed by atoms with E-state index in [2.05, 4.69) is 10.6 Å². The van der Waals surface area contributed by atoms with Gasteiger partial charge in [0.2, 0.25) is 5.91 Å². The van der Waals surface area contributed by atoms with E-state index in [1.165, 1.54) is 0 Å². The number of hydrogen-bond donors (Lipinski definition) is 2. The summed E-state index contributed by atoms with van der Waals surface area (Å²) < 4.78 is 5.35. The Morgan fingerprint density at radius 1 is 1.04 bits per heavy atom. The van der Waals surface area contributed by atoms with Crippen LogP contribution in [0.1, 0.15) is 24.4 Å². The molecule has 132 valence electrons. The van der Waals surface area contributed by atoms with Gasteiger partial charge in [-0.2, -0.15) is 0 Å². The van der Waals surface area contributed by atoms with Crippen molar-refractivity contribution < 1.29 is 9.53 Å². The van der Waals surface area contributed by atoms with Crippen molar-refractivity contribution in [3.63, 3.8) is 0 Å². The van der Waals surface area contributed by atoms with Gasteiger partial charge in [-0.05, 0) is 36.6 Å². The number of carbonyl (C=O) groups is 1. The monoisotopic (exact) mass is 378 g/mol. The van der Waals surface area contributed by atoms with Gasteiger partial charge in [0.05, 0.1) is 10.0 Å². The fourth-order valence-electron chi connectivity index (χ4n) is 2.82. The molecule has 2 N–H and O–H groups in total. The fourth-order valence-corrected chi connectivity index (χ4v) is 3.12. The Morgan fingerprint density at radius 2 is 1.76 bits per heavy atom. The van der Waals surface area contributed by atoms with Crippen LogP contribution in [0.2, 0.25) is 10.0 Å². The van der Waals surface area contributed by atoms with E-state index in [9.17, 15) is 4.79 Å². The molecule has 1 atom stereocenters. The second-order valence-electron chi connectivity index (χ2n) is 6.01. The van der Waals surface area contributed by atoms with Gasteiger partial charge in [0.15, 0.2) is 0 Å². The lowest BCUT2D eigenvalue weighted by Gasteiger charge is -2.27. The Morgan fingerprint density at radius 3 is 2.44 bits per heavy atom. The highest BCUT2D eigenvalue weighted by Crippen LogP contribution is 2.28. The molecule has 1 aliphatic heterocycles. The molecule has 4 nitrogen and oxygen atoms in total. The minimum Gasteiger partial charge on any atom is -0.381 e. The highest BCUT2D eigenvalue weighted by atomic mass is 35.5. The first-order valence-electron chi connectivity index (χ1n) is 8.28. The standard InChI is InChI=1S/C19H20Cl2N2O2/c20-16-7-6-15(12-17(16)21)22-18(13-4-2-1-3-5-13)19(24)23-14-8-10-25-11-9-14/h1-7,12,14,18,22H,8-11H2,(H,23,24). The molecule has 1 unspecified atom stereocenters. The molecular formula is C19H20Cl2N2O2. The summed E-state index contributed by atoms with van der Waals surface area (Å²) in [5.41, 5.74) is 1.63. The maximum atomic E-state index is 12.9. The largest absolute Gasteiger partial charge is 0.381 e. The molecule has 1 aliphatic rings. The molecule has 2 aromatic rings. The summed E-state index contributed by atoms with van der Waals surface area (Å²) in [5.74, 6) is -0.0656. The maximum absolute atomic E-state index is 12.9. The molecule has 0 radical (unpaired) electrons. The van der Waals surface area contributed by atoms with E-state index in [0.717, 1.165) is 24.1 Å². The van der Waals surface area contributed by atoms with Gasteiger partial charge in [-0.25, -0.2) is 0 Å². The summed E-state index contributed by atoms with van der Waals surface area (Å²) in [6, 6.07) is 14.5. The zero-order valence-electron chi connectivity index (χ0n) is 13.7.